The van der Waals surface area contributed by atoms with E-state index in [2.05, 4.69) is 53.8 Å². The van der Waals surface area contributed by atoms with E-state index in [0.717, 1.165) is 0 Å². The summed E-state index contributed by atoms with van der Waals surface area (Å²) in [6.07, 6.45) is 0. The lowest BCUT2D eigenvalue weighted by Gasteiger charge is -2.32. The van der Waals surface area contributed by atoms with Gasteiger partial charge in [-0.3, -0.25) is 4.03 Å². The van der Waals surface area contributed by atoms with Crippen molar-refractivity contribution in [3.8, 4) is 0 Å². The average Bonchev–Trinajstić information content (AvgIpc) is 2.56. The number of nitrogens with two attached hydrogens (primary N) is 1. The van der Waals surface area contributed by atoms with Crippen molar-refractivity contribution >= 4 is 45.4 Å². The minimum atomic E-state index is -2.97. The largest absolute Gasteiger partial charge is 0.385 e. The van der Waals surface area contributed by atoms with Gasteiger partial charge in [-0.25, -0.2) is 9.35 Å². The Bertz CT molecular complexity index is 648. The van der Waals surface area contributed by atoms with Gasteiger partial charge in [0.25, 0.3) is 0 Å². The Labute approximate surface area is 141 Å². The van der Waals surface area contributed by atoms with Crippen LogP contribution in [-0.4, -0.2) is 17.6 Å². The number of hydrogen-bond donors (Lipinski definition) is 2. The molecule has 0 aliphatic carbocycles. The van der Waals surface area contributed by atoms with Gasteiger partial charge >= 0.3 is 0 Å². The quantitative estimate of drug-likeness (QED) is 0.719. The highest BCUT2D eigenvalue weighted by Crippen LogP contribution is 2.41. The van der Waals surface area contributed by atoms with Crippen LogP contribution in [0.25, 0.3) is 0 Å². The molecule has 0 aromatic carbocycles. The van der Waals surface area contributed by atoms with Gasteiger partial charge in [-0.05, 0) is 54.0 Å². The van der Waals surface area contributed by atoms with Crippen LogP contribution < -0.4 is 5.14 Å². The second-order valence-corrected chi connectivity index (χ2v) is 16.3. The van der Waals surface area contributed by atoms with Gasteiger partial charge in [-0.1, -0.05) is 20.8 Å². The number of thiophene rings is 1. The first kappa shape index (κ1) is 19.3. The third-order valence-electron chi connectivity index (χ3n) is 3.72. The molecule has 1 rings (SSSR count). The minimum absolute atomic E-state index is 0.0299. The predicted octanol–water partition coefficient (Wildman–Crippen LogP) is 4.44. The Morgan fingerprint density at radius 3 is 2.14 bits per heavy atom. The average molecular weight is 413 g/mol. The standard InChI is InChI=1S/C13H25BrN2O2S2Si/c1-12(2,3)21(6,7)16-20(15,18)11-9(14)8-10(19-11)13(4,5)17/h8,17H,1-7H3,(H2,15,16,18). The van der Waals surface area contributed by atoms with Gasteiger partial charge in [-0.2, -0.15) is 0 Å². The maximum absolute atomic E-state index is 13.0. The Balaban J connectivity index is 3.46. The Morgan fingerprint density at radius 2 is 1.81 bits per heavy atom. The number of hydrogen-bond acceptors (Lipinski definition) is 4. The molecule has 4 nitrogen and oxygen atoms in total. The molecule has 8 heteroatoms. The van der Waals surface area contributed by atoms with Gasteiger partial charge in [-0.15, -0.1) is 11.3 Å². The first-order chi connectivity index (χ1) is 9.08. The highest BCUT2D eigenvalue weighted by Gasteiger charge is 2.38. The fraction of sp³-hybridized carbons (Fsp3) is 0.692. The molecule has 122 valence electrons. The van der Waals surface area contributed by atoms with Crippen LogP contribution in [0.2, 0.25) is 18.1 Å². The van der Waals surface area contributed by atoms with Crippen molar-refractivity contribution in [2.24, 2.45) is 9.17 Å². The second-order valence-electron chi connectivity index (χ2n) is 7.27. The van der Waals surface area contributed by atoms with Crippen LogP contribution in [0.3, 0.4) is 0 Å². The smallest absolute Gasteiger partial charge is 0.195 e. The Kier molecular flexibility index (Phi) is 5.26. The van der Waals surface area contributed by atoms with E-state index >= 15 is 0 Å². The van der Waals surface area contributed by atoms with Crippen LogP contribution >= 0.6 is 27.3 Å². The van der Waals surface area contributed by atoms with Crippen molar-refractivity contribution < 1.29 is 9.32 Å². The van der Waals surface area contributed by atoms with Crippen molar-refractivity contribution in [3.63, 3.8) is 0 Å². The zero-order valence-electron chi connectivity index (χ0n) is 13.7. The maximum atomic E-state index is 13.0. The van der Waals surface area contributed by atoms with Crippen molar-refractivity contribution in [2.45, 2.75) is 62.6 Å². The van der Waals surface area contributed by atoms with Crippen LogP contribution in [0.1, 0.15) is 39.5 Å². The molecular weight excluding hydrogens is 388 g/mol. The van der Waals surface area contributed by atoms with Crippen LogP contribution in [0.15, 0.2) is 18.8 Å². The van der Waals surface area contributed by atoms with E-state index in [1.807, 2.05) is 0 Å². The SMILES string of the molecule is CC(C)(O)c1cc(Br)c(S(N)(=O)=N[Si](C)(C)C(C)(C)C)s1. The fourth-order valence-electron chi connectivity index (χ4n) is 1.37. The van der Waals surface area contributed by atoms with Crippen molar-refractivity contribution in [3.05, 3.63) is 15.4 Å². The number of rotatable bonds is 3. The van der Waals surface area contributed by atoms with Gasteiger partial charge in [0.05, 0.1) is 5.60 Å². The third kappa shape index (κ3) is 4.39. The molecule has 21 heavy (non-hydrogen) atoms. The third-order valence-corrected chi connectivity index (χ3v) is 14.4. The maximum Gasteiger partial charge on any atom is 0.195 e. The molecule has 0 amide bonds. The summed E-state index contributed by atoms with van der Waals surface area (Å²) in [7, 11) is -5.11. The topological polar surface area (TPSA) is 75.7 Å². The molecule has 1 unspecified atom stereocenters. The van der Waals surface area contributed by atoms with E-state index in [-0.39, 0.29) is 5.04 Å². The summed E-state index contributed by atoms with van der Waals surface area (Å²) in [4.78, 5) is 0.716. The van der Waals surface area contributed by atoms with Gasteiger partial charge in [0, 0.05) is 9.35 Å². The molecular formula is C13H25BrN2O2S2Si. The fourth-order valence-corrected chi connectivity index (χ4v) is 9.03. The molecule has 0 aliphatic heterocycles. The lowest BCUT2D eigenvalue weighted by atomic mass is 10.1. The highest BCUT2D eigenvalue weighted by atomic mass is 79.9. The lowest BCUT2D eigenvalue weighted by molar-refractivity contribution is 0.0825. The summed E-state index contributed by atoms with van der Waals surface area (Å²) < 4.78 is 18.7. The van der Waals surface area contributed by atoms with E-state index in [9.17, 15) is 9.32 Å². The van der Waals surface area contributed by atoms with Gasteiger partial charge < -0.3 is 5.11 Å². The second kappa shape index (κ2) is 5.72. The number of halogens is 1. The van der Waals surface area contributed by atoms with Gasteiger partial charge in [0.2, 0.25) is 0 Å². The highest BCUT2D eigenvalue weighted by molar-refractivity contribution is 9.10. The van der Waals surface area contributed by atoms with Crippen molar-refractivity contribution in [1.82, 2.24) is 0 Å². The molecule has 1 aromatic rings. The van der Waals surface area contributed by atoms with E-state index < -0.39 is 23.8 Å². The zero-order valence-corrected chi connectivity index (χ0v) is 17.9. The van der Waals surface area contributed by atoms with Crippen LogP contribution in [0.5, 0.6) is 0 Å². The van der Waals surface area contributed by atoms with Crippen molar-refractivity contribution in [1.29, 1.82) is 0 Å². The molecule has 0 aliphatic rings. The summed E-state index contributed by atoms with van der Waals surface area (Å²) in [5, 5.41) is 16.1. The summed E-state index contributed by atoms with van der Waals surface area (Å²) in [5.74, 6) is 0. The lowest BCUT2D eigenvalue weighted by Crippen LogP contribution is -2.37. The number of aliphatic hydroxyl groups is 1. The molecule has 1 atom stereocenters. The Morgan fingerprint density at radius 1 is 1.33 bits per heavy atom. The summed E-state index contributed by atoms with van der Waals surface area (Å²) in [5.41, 5.74) is -0.988. The minimum Gasteiger partial charge on any atom is -0.385 e. The van der Waals surface area contributed by atoms with Gasteiger partial charge in [0.1, 0.15) is 14.1 Å². The summed E-state index contributed by atoms with van der Waals surface area (Å²) in [6, 6.07) is 1.77. The molecule has 0 spiro atoms. The van der Waals surface area contributed by atoms with Crippen LogP contribution in [0, 0.1) is 0 Å². The molecule has 0 saturated heterocycles. The van der Waals surface area contributed by atoms with E-state index in [4.69, 9.17) is 5.14 Å². The molecule has 3 N–H and O–H groups in total. The molecule has 1 heterocycles. The van der Waals surface area contributed by atoms with Crippen molar-refractivity contribution in [2.75, 3.05) is 0 Å². The molecule has 0 saturated carbocycles. The molecule has 1 aromatic heterocycles. The Hall–Kier alpha value is 0.267. The number of nitrogens with zero attached hydrogens (tertiary/aromatic N) is 1. The van der Waals surface area contributed by atoms with E-state index in [1.165, 1.54) is 11.3 Å². The van der Waals surface area contributed by atoms with E-state index in [0.29, 0.717) is 13.6 Å². The summed E-state index contributed by atoms with van der Waals surface area (Å²) in [6.45, 7) is 13.8. The van der Waals surface area contributed by atoms with Gasteiger partial charge in [0.15, 0.2) is 8.24 Å². The molecule has 0 radical (unpaired) electrons. The monoisotopic (exact) mass is 412 g/mol. The normalized spacial score (nSPS) is 16.7. The first-order valence-electron chi connectivity index (χ1n) is 6.66. The van der Waals surface area contributed by atoms with E-state index in [1.54, 1.807) is 19.9 Å². The zero-order chi connectivity index (χ0) is 16.9. The summed E-state index contributed by atoms with van der Waals surface area (Å²) >= 11 is 4.65. The van der Waals surface area contributed by atoms with Crippen LogP contribution in [-0.2, 0) is 15.5 Å². The first-order valence-corrected chi connectivity index (χ1v) is 12.8. The van der Waals surface area contributed by atoms with Crippen LogP contribution in [0.4, 0.5) is 0 Å². The predicted molar refractivity (Wildman–Crippen MR) is 97.5 cm³/mol. The molecule has 0 fully saturated rings. The molecule has 0 bridgehead atoms.